The first-order chi connectivity index (χ1) is 6.06. The fraction of sp³-hybridized carbons (Fsp3) is 0.667. The van der Waals surface area contributed by atoms with E-state index in [1.165, 1.54) is 0 Å². The van der Waals surface area contributed by atoms with Crippen molar-refractivity contribution in [3.63, 3.8) is 0 Å². The Balaban J connectivity index is 0.000000424. The number of allylic oxidation sites excluding steroid dienone is 1. The summed E-state index contributed by atoms with van der Waals surface area (Å²) in [7, 11) is 0. The maximum Gasteiger partial charge on any atom is 0.323 e. The lowest BCUT2D eigenvalue weighted by molar-refractivity contribution is -0.146. The third kappa shape index (κ3) is 4.05. The number of hydrogen-bond donors (Lipinski definition) is 2. The standard InChI is InChI=1S/C6H11NO3.C3H6/c7-6(5(8)9)1-3-10-4-2-6;1-3-2/h1-4,7H2,(H,8,9);3H,1H2,2H3. The molecule has 0 saturated carbocycles. The molecule has 0 radical (unpaired) electrons. The van der Waals surface area contributed by atoms with E-state index in [1.54, 1.807) is 6.08 Å². The van der Waals surface area contributed by atoms with Crippen LogP contribution in [0, 0.1) is 0 Å². The summed E-state index contributed by atoms with van der Waals surface area (Å²) in [5.74, 6) is -0.921. The third-order valence-electron chi connectivity index (χ3n) is 1.81. The minimum absolute atomic E-state index is 0.419. The molecular weight excluding hydrogens is 170 g/mol. The second-order valence-corrected chi connectivity index (χ2v) is 2.98. The molecule has 0 aliphatic carbocycles. The van der Waals surface area contributed by atoms with Gasteiger partial charge in [-0.2, -0.15) is 0 Å². The second kappa shape index (κ2) is 5.72. The highest BCUT2D eigenvalue weighted by Crippen LogP contribution is 2.17. The van der Waals surface area contributed by atoms with Gasteiger partial charge in [-0.3, -0.25) is 4.79 Å². The van der Waals surface area contributed by atoms with Gasteiger partial charge in [0.25, 0.3) is 0 Å². The van der Waals surface area contributed by atoms with Crippen LogP contribution in [0.1, 0.15) is 19.8 Å². The van der Waals surface area contributed by atoms with Crippen LogP contribution in [0.5, 0.6) is 0 Å². The quantitative estimate of drug-likeness (QED) is 0.595. The highest BCUT2D eigenvalue weighted by molar-refractivity contribution is 5.78. The first-order valence-corrected chi connectivity index (χ1v) is 4.24. The van der Waals surface area contributed by atoms with Crippen molar-refractivity contribution in [3.05, 3.63) is 12.7 Å². The summed E-state index contributed by atoms with van der Waals surface area (Å²) in [4.78, 5) is 10.5. The molecule has 3 N–H and O–H groups in total. The van der Waals surface area contributed by atoms with Gasteiger partial charge in [-0.15, -0.1) is 6.58 Å². The van der Waals surface area contributed by atoms with E-state index in [9.17, 15) is 4.79 Å². The molecule has 1 aliphatic heterocycles. The smallest absolute Gasteiger partial charge is 0.323 e. The van der Waals surface area contributed by atoms with Crippen molar-refractivity contribution >= 4 is 5.97 Å². The Hall–Kier alpha value is -0.870. The zero-order chi connectivity index (χ0) is 10.3. The summed E-state index contributed by atoms with van der Waals surface area (Å²) < 4.78 is 4.97. The first kappa shape index (κ1) is 12.1. The number of rotatable bonds is 1. The van der Waals surface area contributed by atoms with E-state index in [0.717, 1.165) is 0 Å². The van der Waals surface area contributed by atoms with E-state index >= 15 is 0 Å². The van der Waals surface area contributed by atoms with Gasteiger partial charge in [-0.1, -0.05) is 6.08 Å². The fourth-order valence-corrected chi connectivity index (χ4v) is 0.950. The Morgan fingerprint density at radius 3 is 2.23 bits per heavy atom. The largest absolute Gasteiger partial charge is 0.480 e. The molecule has 0 bridgehead atoms. The van der Waals surface area contributed by atoms with Gasteiger partial charge in [0.05, 0.1) is 0 Å². The average molecular weight is 187 g/mol. The Kier molecular flexibility index (Phi) is 5.34. The van der Waals surface area contributed by atoms with E-state index in [4.69, 9.17) is 15.6 Å². The summed E-state index contributed by atoms with van der Waals surface area (Å²) in [5.41, 5.74) is 4.49. The summed E-state index contributed by atoms with van der Waals surface area (Å²) in [6.07, 6.45) is 2.59. The number of aliphatic carboxylic acids is 1. The maximum atomic E-state index is 10.5. The van der Waals surface area contributed by atoms with Crippen LogP contribution in [-0.4, -0.2) is 29.8 Å². The molecule has 76 valence electrons. The van der Waals surface area contributed by atoms with Crippen molar-refractivity contribution in [1.82, 2.24) is 0 Å². The summed E-state index contributed by atoms with van der Waals surface area (Å²) in [5, 5.41) is 8.62. The number of carboxylic acid groups (broad SMARTS) is 1. The number of ether oxygens (including phenoxy) is 1. The van der Waals surface area contributed by atoms with Crippen LogP contribution in [0.15, 0.2) is 12.7 Å². The molecule has 0 aromatic carbocycles. The highest BCUT2D eigenvalue weighted by atomic mass is 16.5. The predicted octanol–water partition coefficient (Wildman–Crippen LogP) is 0.771. The Bertz CT molecular complexity index is 174. The minimum atomic E-state index is -1.03. The van der Waals surface area contributed by atoms with Gasteiger partial charge >= 0.3 is 5.97 Å². The molecule has 0 unspecified atom stereocenters. The van der Waals surface area contributed by atoms with Gasteiger partial charge < -0.3 is 15.6 Å². The van der Waals surface area contributed by atoms with Gasteiger partial charge in [0.15, 0.2) is 0 Å². The van der Waals surface area contributed by atoms with Crippen molar-refractivity contribution in [2.45, 2.75) is 25.3 Å². The Labute approximate surface area is 78.4 Å². The van der Waals surface area contributed by atoms with Crippen LogP contribution >= 0.6 is 0 Å². The summed E-state index contributed by atoms with van der Waals surface area (Å²) in [6, 6.07) is 0. The van der Waals surface area contributed by atoms with Gasteiger partial charge in [-0.05, 0) is 19.8 Å². The van der Waals surface area contributed by atoms with E-state index in [2.05, 4.69) is 6.58 Å². The zero-order valence-corrected chi connectivity index (χ0v) is 7.95. The predicted molar refractivity (Wildman–Crippen MR) is 50.5 cm³/mol. The summed E-state index contributed by atoms with van der Waals surface area (Å²) >= 11 is 0. The van der Waals surface area contributed by atoms with Crippen molar-refractivity contribution in [1.29, 1.82) is 0 Å². The molecule has 1 saturated heterocycles. The van der Waals surface area contributed by atoms with Crippen molar-refractivity contribution in [2.24, 2.45) is 5.73 Å². The third-order valence-corrected chi connectivity index (χ3v) is 1.81. The first-order valence-electron chi connectivity index (χ1n) is 4.24. The summed E-state index contributed by atoms with van der Waals surface area (Å²) in [6.45, 7) is 6.17. The number of nitrogens with two attached hydrogens (primary N) is 1. The average Bonchev–Trinajstić information content (AvgIpc) is 2.07. The maximum absolute atomic E-state index is 10.5. The van der Waals surface area contributed by atoms with E-state index in [1.807, 2.05) is 6.92 Å². The molecule has 0 amide bonds. The SMILES string of the molecule is C=CC.NC1(C(=O)O)CCOCC1. The van der Waals surface area contributed by atoms with E-state index < -0.39 is 11.5 Å². The molecule has 0 atom stereocenters. The topological polar surface area (TPSA) is 72.6 Å². The van der Waals surface area contributed by atoms with E-state index in [0.29, 0.717) is 26.1 Å². The zero-order valence-electron chi connectivity index (χ0n) is 7.95. The van der Waals surface area contributed by atoms with Gasteiger partial charge in [0.1, 0.15) is 5.54 Å². The number of carboxylic acids is 1. The van der Waals surface area contributed by atoms with Crippen LogP contribution in [0.2, 0.25) is 0 Å². The van der Waals surface area contributed by atoms with Crippen molar-refractivity contribution in [3.8, 4) is 0 Å². The lowest BCUT2D eigenvalue weighted by atomic mass is 9.92. The van der Waals surface area contributed by atoms with Gasteiger partial charge in [0.2, 0.25) is 0 Å². The molecule has 0 spiro atoms. The lowest BCUT2D eigenvalue weighted by Gasteiger charge is -2.28. The molecule has 4 nitrogen and oxygen atoms in total. The van der Waals surface area contributed by atoms with Crippen LogP contribution in [0.25, 0.3) is 0 Å². The van der Waals surface area contributed by atoms with E-state index in [-0.39, 0.29) is 0 Å². The molecule has 1 rings (SSSR count). The number of carbonyl (C=O) groups is 1. The molecule has 4 heteroatoms. The second-order valence-electron chi connectivity index (χ2n) is 2.98. The molecule has 0 aromatic rings. The molecule has 13 heavy (non-hydrogen) atoms. The Morgan fingerprint density at radius 2 is 2.00 bits per heavy atom. The lowest BCUT2D eigenvalue weighted by Crippen LogP contribution is -2.51. The van der Waals surface area contributed by atoms with Gasteiger partial charge in [0, 0.05) is 13.2 Å². The van der Waals surface area contributed by atoms with Crippen molar-refractivity contribution in [2.75, 3.05) is 13.2 Å². The fourth-order valence-electron chi connectivity index (χ4n) is 0.950. The minimum Gasteiger partial charge on any atom is -0.480 e. The molecule has 0 aromatic heterocycles. The van der Waals surface area contributed by atoms with Crippen molar-refractivity contribution < 1.29 is 14.6 Å². The molecule has 1 aliphatic rings. The number of hydrogen-bond acceptors (Lipinski definition) is 3. The van der Waals surface area contributed by atoms with Gasteiger partial charge in [-0.25, -0.2) is 0 Å². The highest BCUT2D eigenvalue weighted by Gasteiger charge is 2.35. The molecule has 1 heterocycles. The van der Waals surface area contributed by atoms with Crippen LogP contribution in [-0.2, 0) is 9.53 Å². The monoisotopic (exact) mass is 187 g/mol. The van der Waals surface area contributed by atoms with Crippen LogP contribution < -0.4 is 5.73 Å². The molecule has 1 fully saturated rings. The van der Waals surface area contributed by atoms with Crippen LogP contribution in [0.4, 0.5) is 0 Å². The Morgan fingerprint density at radius 1 is 1.62 bits per heavy atom. The molecular formula is C9H17NO3. The van der Waals surface area contributed by atoms with Crippen LogP contribution in [0.3, 0.4) is 0 Å². The normalized spacial score (nSPS) is 19.5.